The van der Waals surface area contributed by atoms with Gasteiger partial charge in [-0.2, -0.15) is 0 Å². The first kappa shape index (κ1) is 6.62. The normalized spacial score (nSPS) is 40.5. The van der Waals surface area contributed by atoms with Crippen LogP contribution in [0.25, 0.3) is 0 Å². The third-order valence-corrected chi connectivity index (χ3v) is 2.66. The topological polar surface area (TPSA) is 35.2 Å². The lowest BCUT2D eigenvalue weighted by atomic mass is 10.0. The minimum absolute atomic E-state index is 0.380. The average molecular weight is 141 g/mol. The molecule has 2 heteroatoms. The summed E-state index contributed by atoms with van der Waals surface area (Å²) in [4.78, 5) is 0. The van der Waals surface area contributed by atoms with E-state index in [-0.39, 0.29) is 0 Å². The Hall–Kier alpha value is -0.0800. The van der Waals surface area contributed by atoms with Crippen LogP contribution in [0.2, 0.25) is 0 Å². The highest BCUT2D eigenvalue weighted by atomic mass is 16.5. The molecule has 1 aliphatic heterocycles. The Kier molecular flexibility index (Phi) is 1.66. The maximum absolute atomic E-state index is 5.49. The fourth-order valence-corrected chi connectivity index (χ4v) is 1.79. The van der Waals surface area contributed by atoms with E-state index in [1.54, 1.807) is 0 Å². The zero-order valence-corrected chi connectivity index (χ0v) is 6.25. The van der Waals surface area contributed by atoms with E-state index in [0.29, 0.717) is 12.6 Å². The second-order valence-corrected chi connectivity index (χ2v) is 3.52. The molecule has 0 aromatic carbocycles. The minimum atomic E-state index is 0.380. The molecular formula is C8H15NO. The Morgan fingerprint density at radius 1 is 1.30 bits per heavy atom. The molecule has 0 unspecified atom stereocenters. The molecule has 2 nitrogen and oxygen atoms in total. The lowest BCUT2D eigenvalue weighted by Crippen LogP contribution is -2.18. The van der Waals surface area contributed by atoms with E-state index in [2.05, 4.69) is 0 Å². The predicted octanol–water partition coefficient (Wildman–Crippen LogP) is 0.760. The second-order valence-electron chi connectivity index (χ2n) is 3.52. The molecule has 2 atom stereocenters. The van der Waals surface area contributed by atoms with Gasteiger partial charge in [-0.1, -0.05) is 0 Å². The first-order chi connectivity index (χ1) is 4.90. The quantitative estimate of drug-likeness (QED) is 0.616. The summed E-state index contributed by atoms with van der Waals surface area (Å²) < 4.78 is 5.49. The van der Waals surface area contributed by atoms with Crippen molar-refractivity contribution in [3.05, 3.63) is 0 Å². The highest BCUT2D eigenvalue weighted by Gasteiger charge is 2.36. The third kappa shape index (κ3) is 1.18. The van der Waals surface area contributed by atoms with Crippen LogP contribution in [0.1, 0.15) is 19.3 Å². The van der Waals surface area contributed by atoms with Crippen LogP contribution < -0.4 is 5.73 Å². The number of ether oxygens (including phenoxy) is 1. The van der Waals surface area contributed by atoms with Gasteiger partial charge in [0.2, 0.25) is 0 Å². The molecule has 1 saturated heterocycles. The summed E-state index contributed by atoms with van der Waals surface area (Å²) in [6.07, 6.45) is 4.48. The predicted molar refractivity (Wildman–Crippen MR) is 39.6 cm³/mol. The summed E-state index contributed by atoms with van der Waals surface area (Å²) in [7, 11) is 0. The molecule has 1 aliphatic carbocycles. The van der Waals surface area contributed by atoms with Gasteiger partial charge in [0.05, 0.1) is 12.7 Å². The number of hydrogen-bond acceptors (Lipinski definition) is 2. The van der Waals surface area contributed by atoms with Gasteiger partial charge in [-0.3, -0.25) is 0 Å². The zero-order chi connectivity index (χ0) is 6.97. The van der Waals surface area contributed by atoms with Crippen molar-refractivity contribution in [3.63, 3.8) is 0 Å². The van der Waals surface area contributed by atoms with Crippen molar-refractivity contribution in [1.29, 1.82) is 0 Å². The Bertz CT molecular complexity index is 122. The molecule has 2 aliphatic rings. The van der Waals surface area contributed by atoms with E-state index in [1.807, 2.05) is 0 Å². The zero-order valence-electron chi connectivity index (χ0n) is 6.25. The van der Waals surface area contributed by atoms with Gasteiger partial charge in [0.1, 0.15) is 0 Å². The van der Waals surface area contributed by atoms with E-state index in [9.17, 15) is 0 Å². The molecule has 0 radical (unpaired) electrons. The van der Waals surface area contributed by atoms with Gasteiger partial charge >= 0.3 is 0 Å². The van der Waals surface area contributed by atoms with Crippen LogP contribution in [-0.4, -0.2) is 19.3 Å². The smallest absolute Gasteiger partial charge is 0.0701 e. The van der Waals surface area contributed by atoms with Crippen molar-refractivity contribution in [1.82, 2.24) is 0 Å². The largest absolute Gasteiger partial charge is 0.377 e. The average Bonchev–Trinajstić information content (AvgIpc) is 2.70. The van der Waals surface area contributed by atoms with E-state index in [1.165, 1.54) is 19.3 Å². The standard InChI is InChI=1S/C8H15NO/c9-4-8-3-7(5-10-8)6-1-2-6/h6-8H,1-5,9H2/t7-,8+/m0/s1. The van der Waals surface area contributed by atoms with Crippen molar-refractivity contribution >= 4 is 0 Å². The Morgan fingerprint density at radius 3 is 2.60 bits per heavy atom. The SMILES string of the molecule is NC[C@H]1C[C@H](C2CC2)CO1. The Balaban J connectivity index is 1.81. The van der Waals surface area contributed by atoms with Crippen molar-refractivity contribution in [2.45, 2.75) is 25.4 Å². The number of rotatable bonds is 2. The highest BCUT2D eigenvalue weighted by molar-refractivity contribution is 4.86. The molecule has 0 amide bonds. The first-order valence-electron chi connectivity index (χ1n) is 4.22. The van der Waals surface area contributed by atoms with Crippen molar-refractivity contribution < 1.29 is 4.74 Å². The van der Waals surface area contributed by atoms with E-state index in [4.69, 9.17) is 10.5 Å². The van der Waals surface area contributed by atoms with Gasteiger partial charge in [0.25, 0.3) is 0 Å². The summed E-state index contributed by atoms with van der Waals surface area (Å²) in [5.41, 5.74) is 5.49. The molecule has 2 N–H and O–H groups in total. The van der Waals surface area contributed by atoms with Gasteiger partial charge in [-0.15, -0.1) is 0 Å². The fourth-order valence-electron chi connectivity index (χ4n) is 1.79. The Labute approximate surface area is 61.7 Å². The van der Waals surface area contributed by atoms with Gasteiger partial charge in [-0.25, -0.2) is 0 Å². The van der Waals surface area contributed by atoms with Gasteiger partial charge in [0, 0.05) is 6.54 Å². The maximum atomic E-state index is 5.49. The lowest BCUT2D eigenvalue weighted by molar-refractivity contribution is 0.111. The van der Waals surface area contributed by atoms with Crippen LogP contribution in [0.3, 0.4) is 0 Å². The molecule has 10 heavy (non-hydrogen) atoms. The molecule has 1 saturated carbocycles. The van der Waals surface area contributed by atoms with Crippen LogP contribution in [0, 0.1) is 11.8 Å². The lowest BCUT2D eigenvalue weighted by Gasteiger charge is -2.03. The van der Waals surface area contributed by atoms with Crippen molar-refractivity contribution in [3.8, 4) is 0 Å². The summed E-state index contributed by atoms with van der Waals surface area (Å²) in [5.74, 6) is 1.85. The number of hydrogen-bond donors (Lipinski definition) is 1. The van der Waals surface area contributed by atoms with Crippen molar-refractivity contribution in [2.75, 3.05) is 13.2 Å². The van der Waals surface area contributed by atoms with Crippen LogP contribution in [0.5, 0.6) is 0 Å². The van der Waals surface area contributed by atoms with Crippen LogP contribution in [-0.2, 0) is 4.74 Å². The van der Waals surface area contributed by atoms with Crippen LogP contribution in [0.15, 0.2) is 0 Å². The van der Waals surface area contributed by atoms with Crippen LogP contribution in [0.4, 0.5) is 0 Å². The maximum Gasteiger partial charge on any atom is 0.0701 e. The molecule has 0 spiro atoms. The molecular weight excluding hydrogens is 126 g/mol. The molecule has 0 aromatic rings. The van der Waals surface area contributed by atoms with E-state index in [0.717, 1.165) is 18.4 Å². The van der Waals surface area contributed by atoms with E-state index >= 15 is 0 Å². The van der Waals surface area contributed by atoms with E-state index < -0.39 is 0 Å². The monoisotopic (exact) mass is 141 g/mol. The fraction of sp³-hybridized carbons (Fsp3) is 1.00. The highest BCUT2D eigenvalue weighted by Crippen LogP contribution is 2.41. The van der Waals surface area contributed by atoms with Crippen LogP contribution >= 0.6 is 0 Å². The van der Waals surface area contributed by atoms with Gasteiger partial charge in [0.15, 0.2) is 0 Å². The first-order valence-corrected chi connectivity index (χ1v) is 4.22. The number of nitrogens with two attached hydrogens (primary N) is 1. The molecule has 2 rings (SSSR count). The van der Waals surface area contributed by atoms with Crippen molar-refractivity contribution in [2.24, 2.45) is 17.6 Å². The second kappa shape index (κ2) is 2.51. The Morgan fingerprint density at radius 2 is 2.10 bits per heavy atom. The molecule has 0 bridgehead atoms. The minimum Gasteiger partial charge on any atom is -0.377 e. The summed E-state index contributed by atoms with van der Waals surface area (Å²) in [6, 6.07) is 0. The molecule has 58 valence electrons. The van der Waals surface area contributed by atoms with Gasteiger partial charge < -0.3 is 10.5 Å². The van der Waals surface area contributed by atoms with Gasteiger partial charge in [-0.05, 0) is 31.1 Å². The summed E-state index contributed by atoms with van der Waals surface area (Å²) in [5, 5.41) is 0. The third-order valence-electron chi connectivity index (χ3n) is 2.66. The molecule has 1 heterocycles. The summed E-state index contributed by atoms with van der Waals surface area (Å²) in [6.45, 7) is 1.69. The molecule has 2 fully saturated rings. The summed E-state index contributed by atoms with van der Waals surface area (Å²) >= 11 is 0. The molecule has 0 aromatic heterocycles.